The highest BCUT2D eigenvalue weighted by Gasteiger charge is 2.32. The Morgan fingerprint density at radius 3 is 2.38 bits per heavy atom. The van der Waals surface area contributed by atoms with E-state index in [0.29, 0.717) is 39.2 Å². The lowest BCUT2D eigenvalue weighted by Crippen LogP contribution is -2.30. The summed E-state index contributed by atoms with van der Waals surface area (Å²) in [6.07, 6.45) is 1.79. The highest BCUT2D eigenvalue weighted by Crippen LogP contribution is 2.40. The van der Waals surface area contributed by atoms with Crippen LogP contribution in [0.4, 0.5) is 10.1 Å². The van der Waals surface area contributed by atoms with Gasteiger partial charge < -0.3 is 9.64 Å². The van der Waals surface area contributed by atoms with Crippen LogP contribution in [0.1, 0.15) is 30.5 Å². The molecule has 0 saturated carbocycles. The number of para-hydroxylation sites is 1. The molecule has 0 aliphatic carbocycles. The number of halogens is 3. The molecule has 1 aliphatic rings. The van der Waals surface area contributed by atoms with Crippen LogP contribution < -0.4 is 9.64 Å². The zero-order valence-corrected chi connectivity index (χ0v) is 19.3. The molecule has 1 heterocycles. The van der Waals surface area contributed by atoms with Crippen LogP contribution >= 0.6 is 23.2 Å². The number of rotatable bonds is 6. The van der Waals surface area contributed by atoms with E-state index in [0.717, 1.165) is 11.3 Å². The topological polar surface area (TPSA) is 29.5 Å². The van der Waals surface area contributed by atoms with E-state index in [1.807, 2.05) is 24.3 Å². The molecule has 0 fully saturated rings. The van der Waals surface area contributed by atoms with E-state index >= 15 is 0 Å². The van der Waals surface area contributed by atoms with E-state index in [2.05, 4.69) is 13.8 Å². The van der Waals surface area contributed by atoms with Crippen molar-refractivity contribution in [3.8, 4) is 5.75 Å². The van der Waals surface area contributed by atoms with Crippen molar-refractivity contribution >= 4 is 46.4 Å². The van der Waals surface area contributed by atoms with Crippen molar-refractivity contribution in [2.45, 2.75) is 20.5 Å². The smallest absolute Gasteiger partial charge is 0.259 e. The van der Waals surface area contributed by atoms with Crippen LogP contribution in [0.15, 0.2) is 60.7 Å². The van der Waals surface area contributed by atoms with Gasteiger partial charge in [-0.3, -0.25) is 4.79 Å². The van der Waals surface area contributed by atoms with Gasteiger partial charge in [0.15, 0.2) is 5.75 Å². The van der Waals surface area contributed by atoms with Crippen LogP contribution in [0, 0.1) is 11.7 Å². The second kappa shape index (κ2) is 9.35. The molecule has 0 spiro atoms. The quantitative estimate of drug-likeness (QED) is 0.355. The number of fused-ring (bicyclic) bond motifs is 1. The van der Waals surface area contributed by atoms with Gasteiger partial charge in [-0.05, 0) is 41.8 Å². The van der Waals surface area contributed by atoms with Crippen molar-refractivity contribution in [2.24, 2.45) is 5.92 Å². The van der Waals surface area contributed by atoms with Gasteiger partial charge in [-0.25, -0.2) is 4.39 Å². The second-order valence-corrected chi connectivity index (χ2v) is 8.89. The fraction of sp³-hybridized carbons (Fsp3) is 0.192. The lowest BCUT2D eigenvalue weighted by molar-refractivity contribution is -0.113. The predicted octanol–water partition coefficient (Wildman–Crippen LogP) is 7.25. The molecule has 1 amide bonds. The maximum atomic E-state index is 13.9. The summed E-state index contributed by atoms with van der Waals surface area (Å²) in [6.45, 7) is 4.80. The van der Waals surface area contributed by atoms with Crippen LogP contribution in [0.25, 0.3) is 11.6 Å². The molecule has 4 rings (SSSR count). The standard InChI is InChI=1S/C26H22Cl2FNO2/c1-16(2)14-30-24-10-6-4-8-19(24)20(26(30)31)11-17-12-21(27)25(22(28)13-17)32-15-18-7-3-5-9-23(18)29/h3-13,16H,14-15H2,1-2H3/b20-11-. The fourth-order valence-electron chi connectivity index (χ4n) is 3.73. The second-order valence-electron chi connectivity index (χ2n) is 8.08. The summed E-state index contributed by atoms with van der Waals surface area (Å²) < 4.78 is 19.6. The van der Waals surface area contributed by atoms with Gasteiger partial charge >= 0.3 is 0 Å². The Labute approximate surface area is 197 Å². The molecule has 0 unspecified atom stereocenters. The largest absolute Gasteiger partial charge is 0.486 e. The summed E-state index contributed by atoms with van der Waals surface area (Å²) in [6, 6.07) is 17.5. The van der Waals surface area contributed by atoms with Crippen molar-refractivity contribution in [3.05, 3.63) is 93.2 Å². The Morgan fingerprint density at radius 2 is 1.69 bits per heavy atom. The predicted molar refractivity (Wildman–Crippen MR) is 129 cm³/mol. The minimum atomic E-state index is -0.356. The maximum absolute atomic E-state index is 13.9. The highest BCUT2D eigenvalue weighted by molar-refractivity contribution is 6.38. The van der Waals surface area contributed by atoms with Crippen molar-refractivity contribution in [2.75, 3.05) is 11.4 Å². The van der Waals surface area contributed by atoms with Crippen LogP contribution in [0.3, 0.4) is 0 Å². The van der Waals surface area contributed by atoms with E-state index in [4.69, 9.17) is 27.9 Å². The molecule has 0 radical (unpaired) electrons. The summed E-state index contributed by atoms with van der Waals surface area (Å²) in [4.78, 5) is 15.0. The van der Waals surface area contributed by atoms with Gasteiger partial charge in [-0.1, -0.05) is 73.4 Å². The third-order valence-electron chi connectivity index (χ3n) is 5.17. The summed E-state index contributed by atoms with van der Waals surface area (Å²) >= 11 is 12.9. The van der Waals surface area contributed by atoms with Gasteiger partial charge in [0.2, 0.25) is 0 Å². The monoisotopic (exact) mass is 469 g/mol. The zero-order chi connectivity index (χ0) is 22.8. The number of hydrogen-bond donors (Lipinski definition) is 0. The third kappa shape index (κ3) is 4.52. The minimum absolute atomic E-state index is 0.00255. The lowest BCUT2D eigenvalue weighted by Gasteiger charge is -2.19. The van der Waals surface area contributed by atoms with E-state index in [9.17, 15) is 9.18 Å². The van der Waals surface area contributed by atoms with Crippen LogP contribution in [0.2, 0.25) is 10.0 Å². The lowest BCUT2D eigenvalue weighted by atomic mass is 10.0. The average molecular weight is 470 g/mol. The van der Waals surface area contributed by atoms with Crippen LogP contribution in [0.5, 0.6) is 5.75 Å². The molecule has 6 heteroatoms. The molecule has 0 saturated heterocycles. The molecule has 0 N–H and O–H groups in total. The summed E-state index contributed by atoms with van der Waals surface area (Å²) in [5.74, 6) is 0.205. The van der Waals surface area contributed by atoms with Gasteiger partial charge in [0.05, 0.1) is 15.7 Å². The molecular weight excluding hydrogens is 448 g/mol. The van der Waals surface area contributed by atoms with Crippen LogP contribution in [-0.4, -0.2) is 12.5 Å². The van der Waals surface area contributed by atoms with Crippen molar-refractivity contribution in [1.29, 1.82) is 0 Å². The first-order chi connectivity index (χ1) is 15.3. The first kappa shape index (κ1) is 22.4. The number of carbonyl (C=O) groups excluding carboxylic acids is 1. The van der Waals surface area contributed by atoms with Crippen molar-refractivity contribution in [1.82, 2.24) is 0 Å². The van der Waals surface area contributed by atoms with Gasteiger partial charge in [0, 0.05) is 23.2 Å². The molecule has 0 bridgehead atoms. The molecule has 0 aromatic heterocycles. The summed E-state index contributed by atoms with van der Waals surface area (Å²) in [5.41, 5.74) is 3.46. The maximum Gasteiger partial charge on any atom is 0.259 e. The van der Waals surface area contributed by atoms with E-state index in [1.54, 1.807) is 41.3 Å². The summed E-state index contributed by atoms with van der Waals surface area (Å²) in [5, 5.41) is 0.580. The number of benzene rings is 3. The zero-order valence-electron chi connectivity index (χ0n) is 17.7. The van der Waals surface area contributed by atoms with E-state index in [1.165, 1.54) is 6.07 Å². The van der Waals surface area contributed by atoms with Crippen LogP contribution in [-0.2, 0) is 11.4 Å². The molecule has 0 atom stereocenters. The fourth-order valence-corrected chi connectivity index (χ4v) is 4.34. The number of ether oxygens (including phenoxy) is 1. The molecule has 3 aromatic carbocycles. The Hall–Kier alpha value is -2.82. The number of amides is 1. The Balaban J connectivity index is 1.63. The Bertz CT molecular complexity index is 1180. The normalized spacial score (nSPS) is 14.4. The van der Waals surface area contributed by atoms with Gasteiger partial charge in [0.25, 0.3) is 5.91 Å². The van der Waals surface area contributed by atoms with E-state index < -0.39 is 0 Å². The summed E-state index contributed by atoms with van der Waals surface area (Å²) in [7, 11) is 0. The van der Waals surface area contributed by atoms with Gasteiger partial charge in [-0.15, -0.1) is 0 Å². The molecule has 164 valence electrons. The molecule has 32 heavy (non-hydrogen) atoms. The first-order valence-electron chi connectivity index (χ1n) is 10.3. The highest BCUT2D eigenvalue weighted by atomic mass is 35.5. The minimum Gasteiger partial charge on any atom is -0.486 e. The molecule has 1 aliphatic heterocycles. The van der Waals surface area contributed by atoms with E-state index in [-0.39, 0.29) is 24.1 Å². The SMILES string of the molecule is CC(C)CN1C(=O)/C(=C\c2cc(Cl)c(OCc3ccccc3F)c(Cl)c2)c2ccccc21. The van der Waals surface area contributed by atoms with Gasteiger partial charge in [0.1, 0.15) is 12.4 Å². The molecule has 3 aromatic rings. The molecule has 3 nitrogen and oxygen atoms in total. The Morgan fingerprint density at radius 1 is 1.03 bits per heavy atom. The number of anilines is 1. The number of carbonyl (C=O) groups is 1. The first-order valence-corrected chi connectivity index (χ1v) is 11.1. The van der Waals surface area contributed by atoms with Crippen molar-refractivity contribution in [3.63, 3.8) is 0 Å². The Kier molecular flexibility index (Phi) is 6.54. The number of nitrogens with zero attached hydrogens (tertiary/aromatic N) is 1. The van der Waals surface area contributed by atoms with Crippen molar-refractivity contribution < 1.29 is 13.9 Å². The number of hydrogen-bond acceptors (Lipinski definition) is 2. The molecular formula is C26H22Cl2FNO2. The third-order valence-corrected chi connectivity index (χ3v) is 5.73. The van der Waals surface area contributed by atoms with Gasteiger partial charge in [-0.2, -0.15) is 0 Å². The average Bonchev–Trinajstić information content (AvgIpc) is 3.00.